The molecule has 0 spiro atoms. The van der Waals surface area contributed by atoms with E-state index in [0.717, 1.165) is 27.3 Å². The van der Waals surface area contributed by atoms with Crippen LogP contribution in [0.4, 0.5) is 0 Å². The van der Waals surface area contributed by atoms with E-state index in [-0.39, 0.29) is 5.78 Å². The molecular formula is C15H13ClO. The normalized spacial score (nSPS) is 10.3. The van der Waals surface area contributed by atoms with Crippen molar-refractivity contribution >= 4 is 17.4 Å². The molecule has 2 aromatic rings. The number of ketones is 1. The first-order chi connectivity index (χ1) is 8.09. The van der Waals surface area contributed by atoms with Crippen LogP contribution < -0.4 is 0 Å². The van der Waals surface area contributed by atoms with E-state index in [1.807, 2.05) is 49.4 Å². The van der Waals surface area contributed by atoms with E-state index in [1.54, 1.807) is 6.92 Å². The fourth-order valence-electron chi connectivity index (χ4n) is 1.80. The van der Waals surface area contributed by atoms with Gasteiger partial charge in [0.15, 0.2) is 5.78 Å². The Kier molecular flexibility index (Phi) is 3.30. The van der Waals surface area contributed by atoms with Gasteiger partial charge in [-0.1, -0.05) is 48.0 Å². The summed E-state index contributed by atoms with van der Waals surface area (Å²) in [4.78, 5) is 11.6. The Balaban J connectivity index is 2.60. The second kappa shape index (κ2) is 4.72. The van der Waals surface area contributed by atoms with Crippen molar-refractivity contribution in [3.8, 4) is 11.1 Å². The lowest BCUT2D eigenvalue weighted by Crippen LogP contribution is -1.95. The van der Waals surface area contributed by atoms with Gasteiger partial charge in [0.25, 0.3) is 0 Å². The molecule has 0 atom stereocenters. The third kappa shape index (κ3) is 2.40. The van der Waals surface area contributed by atoms with Gasteiger partial charge in [-0.25, -0.2) is 0 Å². The summed E-state index contributed by atoms with van der Waals surface area (Å²) in [6.07, 6.45) is 0. The molecule has 2 heteroatoms. The Bertz CT molecular complexity index is 573. The van der Waals surface area contributed by atoms with Gasteiger partial charge < -0.3 is 0 Å². The second-order valence-corrected chi connectivity index (χ2v) is 4.47. The Morgan fingerprint density at radius 1 is 1.12 bits per heavy atom. The average molecular weight is 245 g/mol. The molecule has 0 N–H and O–H groups in total. The molecule has 0 aromatic heterocycles. The lowest BCUT2D eigenvalue weighted by Gasteiger charge is -2.08. The van der Waals surface area contributed by atoms with Crippen LogP contribution in [0.25, 0.3) is 11.1 Å². The van der Waals surface area contributed by atoms with Crippen molar-refractivity contribution in [1.82, 2.24) is 0 Å². The molecule has 17 heavy (non-hydrogen) atoms. The van der Waals surface area contributed by atoms with Gasteiger partial charge in [0.2, 0.25) is 0 Å². The zero-order valence-corrected chi connectivity index (χ0v) is 10.6. The van der Waals surface area contributed by atoms with Gasteiger partial charge in [0.1, 0.15) is 0 Å². The topological polar surface area (TPSA) is 17.1 Å². The lowest BCUT2D eigenvalue weighted by atomic mass is 9.97. The standard InChI is InChI=1S/C15H13ClO/c1-10-7-8-12(9-15(10)16)14-6-4-3-5-13(14)11(2)17/h3-9H,1-2H3. The van der Waals surface area contributed by atoms with Crippen LogP contribution in [0.3, 0.4) is 0 Å². The minimum Gasteiger partial charge on any atom is -0.294 e. The van der Waals surface area contributed by atoms with Gasteiger partial charge in [0, 0.05) is 10.6 Å². The molecule has 2 aromatic carbocycles. The largest absolute Gasteiger partial charge is 0.294 e. The summed E-state index contributed by atoms with van der Waals surface area (Å²) < 4.78 is 0. The highest BCUT2D eigenvalue weighted by molar-refractivity contribution is 6.31. The lowest BCUT2D eigenvalue weighted by molar-refractivity contribution is 0.101. The highest BCUT2D eigenvalue weighted by Gasteiger charge is 2.09. The SMILES string of the molecule is CC(=O)c1ccccc1-c1ccc(C)c(Cl)c1. The molecule has 0 bridgehead atoms. The van der Waals surface area contributed by atoms with Gasteiger partial charge in [-0.3, -0.25) is 4.79 Å². The monoisotopic (exact) mass is 244 g/mol. The van der Waals surface area contributed by atoms with E-state index < -0.39 is 0 Å². The van der Waals surface area contributed by atoms with Crippen molar-refractivity contribution in [3.63, 3.8) is 0 Å². The molecule has 0 aliphatic rings. The van der Waals surface area contributed by atoms with Crippen LogP contribution in [0.15, 0.2) is 42.5 Å². The summed E-state index contributed by atoms with van der Waals surface area (Å²) in [5, 5.41) is 0.723. The zero-order valence-electron chi connectivity index (χ0n) is 9.83. The maximum atomic E-state index is 11.6. The highest BCUT2D eigenvalue weighted by atomic mass is 35.5. The highest BCUT2D eigenvalue weighted by Crippen LogP contribution is 2.28. The van der Waals surface area contributed by atoms with E-state index in [1.165, 1.54) is 0 Å². The van der Waals surface area contributed by atoms with Crippen molar-refractivity contribution in [3.05, 3.63) is 58.6 Å². The van der Waals surface area contributed by atoms with Crippen molar-refractivity contribution in [2.75, 3.05) is 0 Å². The van der Waals surface area contributed by atoms with Gasteiger partial charge in [-0.05, 0) is 36.6 Å². The molecule has 0 fully saturated rings. The van der Waals surface area contributed by atoms with Crippen molar-refractivity contribution in [2.45, 2.75) is 13.8 Å². The molecule has 86 valence electrons. The summed E-state index contributed by atoms with van der Waals surface area (Å²) in [6.45, 7) is 3.54. The smallest absolute Gasteiger partial charge is 0.160 e. The number of Topliss-reactive ketones (excluding diaryl/α,β-unsaturated/α-hetero) is 1. The van der Waals surface area contributed by atoms with Crippen LogP contribution in [-0.4, -0.2) is 5.78 Å². The number of aryl methyl sites for hydroxylation is 1. The molecule has 0 aliphatic heterocycles. The molecule has 0 aliphatic carbocycles. The summed E-state index contributed by atoms with van der Waals surface area (Å²) in [7, 11) is 0. The van der Waals surface area contributed by atoms with Gasteiger partial charge >= 0.3 is 0 Å². The third-order valence-corrected chi connectivity index (χ3v) is 3.20. The fraction of sp³-hybridized carbons (Fsp3) is 0.133. The van der Waals surface area contributed by atoms with Crippen LogP contribution in [-0.2, 0) is 0 Å². The van der Waals surface area contributed by atoms with Gasteiger partial charge in [-0.2, -0.15) is 0 Å². The van der Waals surface area contributed by atoms with E-state index in [2.05, 4.69) is 0 Å². The summed E-state index contributed by atoms with van der Waals surface area (Å²) >= 11 is 6.11. The van der Waals surface area contributed by atoms with Crippen LogP contribution >= 0.6 is 11.6 Å². The maximum Gasteiger partial charge on any atom is 0.160 e. The van der Waals surface area contributed by atoms with E-state index in [9.17, 15) is 4.79 Å². The van der Waals surface area contributed by atoms with Gasteiger partial charge in [0.05, 0.1) is 0 Å². The number of halogens is 1. The summed E-state index contributed by atoms with van der Waals surface area (Å²) in [5.74, 6) is 0.0669. The van der Waals surface area contributed by atoms with Crippen LogP contribution in [0.5, 0.6) is 0 Å². The van der Waals surface area contributed by atoms with Crippen molar-refractivity contribution < 1.29 is 4.79 Å². The second-order valence-electron chi connectivity index (χ2n) is 4.07. The molecule has 0 radical (unpaired) electrons. The Labute approximate surface area is 106 Å². The third-order valence-electron chi connectivity index (χ3n) is 2.79. The minimum atomic E-state index is 0.0669. The molecule has 0 saturated carbocycles. The quantitative estimate of drug-likeness (QED) is 0.710. The summed E-state index contributed by atoms with van der Waals surface area (Å²) in [5.41, 5.74) is 3.68. The number of benzene rings is 2. The molecule has 0 saturated heterocycles. The van der Waals surface area contributed by atoms with Gasteiger partial charge in [-0.15, -0.1) is 0 Å². The van der Waals surface area contributed by atoms with Crippen molar-refractivity contribution in [2.24, 2.45) is 0 Å². The number of carbonyl (C=O) groups is 1. The molecule has 0 amide bonds. The first-order valence-electron chi connectivity index (χ1n) is 5.46. The molecule has 0 heterocycles. The Morgan fingerprint density at radius 3 is 2.47 bits per heavy atom. The van der Waals surface area contributed by atoms with E-state index in [4.69, 9.17) is 11.6 Å². The van der Waals surface area contributed by atoms with Crippen LogP contribution in [0.2, 0.25) is 5.02 Å². The maximum absolute atomic E-state index is 11.6. The number of hydrogen-bond acceptors (Lipinski definition) is 1. The fourth-order valence-corrected chi connectivity index (χ4v) is 1.98. The number of carbonyl (C=O) groups excluding carboxylic acids is 1. The predicted octanol–water partition coefficient (Wildman–Crippen LogP) is 4.52. The number of rotatable bonds is 2. The van der Waals surface area contributed by atoms with Crippen molar-refractivity contribution in [1.29, 1.82) is 0 Å². The first kappa shape index (κ1) is 11.9. The molecule has 0 unspecified atom stereocenters. The molecular weight excluding hydrogens is 232 g/mol. The van der Waals surface area contributed by atoms with Crippen LogP contribution in [0, 0.1) is 6.92 Å². The van der Waals surface area contributed by atoms with Crippen LogP contribution in [0.1, 0.15) is 22.8 Å². The average Bonchev–Trinajstić information content (AvgIpc) is 2.32. The Hall–Kier alpha value is -1.60. The minimum absolute atomic E-state index is 0.0669. The predicted molar refractivity (Wildman–Crippen MR) is 71.6 cm³/mol. The Morgan fingerprint density at radius 2 is 1.82 bits per heavy atom. The van der Waals surface area contributed by atoms with E-state index in [0.29, 0.717) is 0 Å². The molecule has 1 nitrogen and oxygen atoms in total. The van der Waals surface area contributed by atoms with E-state index >= 15 is 0 Å². The first-order valence-corrected chi connectivity index (χ1v) is 5.84. The zero-order chi connectivity index (χ0) is 12.4. The number of hydrogen-bond donors (Lipinski definition) is 0. The summed E-state index contributed by atoms with van der Waals surface area (Å²) in [6, 6.07) is 13.4. The molecule has 2 rings (SSSR count).